The molecule has 180 valence electrons. The van der Waals surface area contributed by atoms with E-state index in [1.54, 1.807) is 12.1 Å². The summed E-state index contributed by atoms with van der Waals surface area (Å²) in [7, 11) is 0. The first-order chi connectivity index (χ1) is 16.3. The predicted molar refractivity (Wildman–Crippen MR) is 137 cm³/mol. The van der Waals surface area contributed by atoms with E-state index in [4.69, 9.17) is 0 Å². The molecule has 1 aromatic heterocycles. The summed E-state index contributed by atoms with van der Waals surface area (Å²) >= 11 is 1.35. The third kappa shape index (κ3) is 6.05. The molecule has 3 rings (SSSR count). The van der Waals surface area contributed by atoms with Crippen molar-refractivity contribution in [1.82, 2.24) is 20.1 Å². The fraction of sp³-hybridized carbons (Fsp3) is 0.385. The fourth-order valence-electron chi connectivity index (χ4n) is 3.79. The minimum Gasteiger partial charge on any atom is -0.342 e. The zero-order valence-corrected chi connectivity index (χ0v) is 21.3. The number of thioether (sulfide) groups is 1. The minimum absolute atomic E-state index is 0.0843. The summed E-state index contributed by atoms with van der Waals surface area (Å²) in [6.45, 7) is 10.8. The van der Waals surface area contributed by atoms with Gasteiger partial charge in [0.1, 0.15) is 0 Å². The molecule has 34 heavy (non-hydrogen) atoms. The Labute approximate surface area is 205 Å². The van der Waals surface area contributed by atoms with E-state index in [0.29, 0.717) is 23.1 Å². The van der Waals surface area contributed by atoms with Gasteiger partial charge in [0.25, 0.3) is 5.91 Å². The van der Waals surface area contributed by atoms with Crippen molar-refractivity contribution in [1.29, 1.82) is 0 Å². The highest BCUT2D eigenvalue weighted by atomic mass is 32.2. The van der Waals surface area contributed by atoms with Gasteiger partial charge in [0.2, 0.25) is 5.91 Å². The van der Waals surface area contributed by atoms with E-state index in [1.807, 2.05) is 68.7 Å². The summed E-state index contributed by atoms with van der Waals surface area (Å²) in [6, 6.07) is 14.9. The number of carbonyl (C=O) groups excluding carboxylic acids is 2. The molecule has 0 spiro atoms. The Morgan fingerprint density at radius 2 is 1.76 bits per heavy atom. The van der Waals surface area contributed by atoms with Gasteiger partial charge >= 0.3 is 0 Å². The van der Waals surface area contributed by atoms with Crippen LogP contribution >= 0.6 is 11.8 Å². The van der Waals surface area contributed by atoms with Crippen LogP contribution in [0, 0.1) is 12.8 Å². The largest absolute Gasteiger partial charge is 0.342 e. The highest BCUT2D eigenvalue weighted by Gasteiger charge is 2.26. The number of nitrogens with zero attached hydrogens (tertiary/aromatic N) is 3. The molecule has 2 aromatic carbocycles. The van der Waals surface area contributed by atoms with Crippen molar-refractivity contribution in [2.45, 2.75) is 58.8 Å². The molecule has 0 radical (unpaired) electrons. The van der Waals surface area contributed by atoms with Gasteiger partial charge in [-0.25, -0.2) is 0 Å². The number of benzene rings is 2. The standard InChI is InChI=1S/C26H33N5O2S/c1-6-19-15-11-12-18(5)23(19)27-21(32)16-34-26-30-29-24(31(26)7-2)22(17(3)4)28-25(33)20-13-9-8-10-14-20/h8-15,17,22H,6-7,16H2,1-5H3,(H,27,32)(H,28,33)/t22-/m1/s1. The lowest BCUT2D eigenvalue weighted by atomic mass is 10.0. The quantitative estimate of drug-likeness (QED) is 0.398. The molecule has 2 N–H and O–H groups in total. The molecule has 0 saturated heterocycles. The van der Waals surface area contributed by atoms with Crippen LogP contribution in [-0.4, -0.2) is 32.3 Å². The van der Waals surface area contributed by atoms with Crippen LogP contribution in [0.15, 0.2) is 53.7 Å². The lowest BCUT2D eigenvalue weighted by Crippen LogP contribution is -2.33. The fourth-order valence-corrected chi connectivity index (χ4v) is 4.59. The van der Waals surface area contributed by atoms with E-state index in [1.165, 1.54) is 11.8 Å². The van der Waals surface area contributed by atoms with Gasteiger partial charge in [0, 0.05) is 17.8 Å². The van der Waals surface area contributed by atoms with Gasteiger partial charge in [-0.05, 0) is 49.4 Å². The van der Waals surface area contributed by atoms with E-state index in [0.717, 1.165) is 23.2 Å². The van der Waals surface area contributed by atoms with Crippen molar-refractivity contribution in [3.63, 3.8) is 0 Å². The zero-order chi connectivity index (χ0) is 24.7. The highest BCUT2D eigenvalue weighted by Crippen LogP contribution is 2.26. The van der Waals surface area contributed by atoms with E-state index in [9.17, 15) is 9.59 Å². The van der Waals surface area contributed by atoms with Crippen molar-refractivity contribution < 1.29 is 9.59 Å². The Balaban J connectivity index is 1.72. The van der Waals surface area contributed by atoms with Crippen molar-refractivity contribution >= 4 is 29.3 Å². The Kier molecular flexibility index (Phi) is 8.87. The van der Waals surface area contributed by atoms with E-state index in [2.05, 4.69) is 27.8 Å². The van der Waals surface area contributed by atoms with E-state index < -0.39 is 0 Å². The predicted octanol–water partition coefficient (Wildman–Crippen LogP) is 5.03. The number of aryl methyl sites for hydroxylation is 2. The number of amides is 2. The molecule has 0 aliphatic rings. The van der Waals surface area contributed by atoms with Gasteiger partial charge in [0.15, 0.2) is 11.0 Å². The number of hydrogen-bond acceptors (Lipinski definition) is 5. The van der Waals surface area contributed by atoms with E-state index >= 15 is 0 Å². The van der Waals surface area contributed by atoms with Crippen LogP contribution in [0.3, 0.4) is 0 Å². The molecule has 1 atom stereocenters. The molecule has 0 fully saturated rings. The molecular weight excluding hydrogens is 446 g/mol. The summed E-state index contributed by atoms with van der Waals surface area (Å²) in [5.74, 6) is 0.786. The van der Waals surface area contributed by atoms with Crippen molar-refractivity contribution in [2.75, 3.05) is 11.1 Å². The van der Waals surface area contributed by atoms with Crippen molar-refractivity contribution in [3.05, 3.63) is 71.0 Å². The molecule has 0 unspecified atom stereocenters. The molecule has 0 aliphatic carbocycles. The number of rotatable bonds is 10. The Morgan fingerprint density at radius 3 is 2.41 bits per heavy atom. The first-order valence-electron chi connectivity index (χ1n) is 11.7. The second kappa shape index (κ2) is 11.8. The SMILES string of the molecule is CCc1cccc(C)c1NC(=O)CSc1nnc([C@H](NC(=O)c2ccccc2)C(C)C)n1CC. The van der Waals surface area contributed by atoms with Crippen LogP contribution < -0.4 is 10.6 Å². The van der Waals surface area contributed by atoms with E-state index in [-0.39, 0.29) is 29.5 Å². The molecule has 0 saturated carbocycles. The number of anilines is 1. The maximum absolute atomic E-state index is 12.8. The molecule has 0 aliphatic heterocycles. The van der Waals surface area contributed by atoms with Gasteiger partial charge in [-0.1, -0.05) is 68.9 Å². The number of para-hydroxylation sites is 1. The third-order valence-electron chi connectivity index (χ3n) is 5.67. The molecule has 2 amide bonds. The molecule has 1 heterocycles. The average Bonchev–Trinajstić information content (AvgIpc) is 3.25. The Bertz CT molecular complexity index is 1130. The van der Waals surface area contributed by atoms with Crippen LogP contribution in [0.2, 0.25) is 0 Å². The highest BCUT2D eigenvalue weighted by molar-refractivity contribution is 7.99. The summed E-state index contributed by atoms with van der Waals surface area (Å²) < 4.78 is 1.97. The maximum Gasteiger partial charge on any atom is 0.251 e. The van der Waals surface area contributed by atoms with Gasteiger partial charge < -0.3 is 15.2 Å². The maximum atomic E-state index is 12.8. The minimum atomic E-state index is -0.303. The van der Waals surface area contributed by atoms with Gasteiger partial charge in [0.05, 0.1) is 11.8 Å². The van der Waals surface area contributed by atoms with Crippen LogP contribution in [0.25, 0.3) is 0 Å². The van der Waals surface area contributed by atoms with Gasteiger partial charge in [-0.2, -0.15) is 0 Å². The molecule has 8 heteroatoms. The number of aromatic nitrogens is 3. The first-order valence-corrected chi connectivity index (χ1v) is 12.6. The smallest absolute Gasteiger partial charge is 0.251 e. The third-order valence-corrected chi connectivity index (χ3v) is 6.63. The van der Waals surface area contributed by atoms with Crippen molar-refractivity contribution in [3.8, 4) is 0 Å². The van der Waals surface area contributed by atoms with Gasteiger partial charge in [-0.3, -0.25) is 9.59 Å². The molecule has 0 bridgehead atoms. The monoisotopic (exact) mass is 479 g/mol. The second-order valence-corrected chi connectivity index (χ2v) is 9.39. The average molecular weight is 480 g/mol. The second-order valence-electron chi connectivity index (χ2n) is 8.45. The topological polar surface area (TPSA) is 88.9 Å². The van der Waals surface area contributed by atoms with Crippen LogP contribution in [0.5, 0.6) is 0 Å². The van der Waals surface area contributed by atoms with Crippen molar-refractivity contribution in [2.24, 2.45) is 5.92 Å². The summed E-state index contributed by atoms with van der Waals surface area (Å²) in [5, 5.41) is 15.6. The number of hydrogen-bond donors (Lipinski definition) is 2. The Hall–Kier alpha value is -3.13. The lowest BCUT2D eigenvalue weighted by Gasteiger charge is -2.22. The molecular formula is C26H33N5O2S. The number of carbonyl (C=O) groups is 2. The first kappa shape index (κ1) is 25.5. The Morgan fingerprint density at radius 1 is 1.03 bits per heavy atom. The number of nitrogens with one attached hydrogen (secondary N) is 2. The van der Waals surface area contributed by atoms with Crippen LogP contribution in [-0.2, 0) is 17.8 Å². The van der Waals surface area contributed by atoms with Gasteiger partial charge in [-0.15, -0.1) is 10.2 Å². The zero-order valence-electron chi connectivity index (χ0n) is 20.5. The van der Waals surface area contributed by atoms with Crippen LogP contribution in [0.4, 0.5) is 5.69 Å². The molecule has 3 aromatic rings. The summed E-state index contributed by atoms with van der Waals surface area (Å²) in [4.78, 5) is 25.5. The summed E-state index contributed by atoms with van der Waals surface area (Å²) in [6.07, 6.45) is 0.850. The summed E-state index contributed by atoms with van der Waals surface area (Å²) in [5.41, 5.74) is 3.65. The van der Waals surface area contributed by atoms with Crippen LogP contribution in [0.1, 0.15) is 61.0 Å². The normalized spacial score (nSPS) is 11.9. The lowest BCUT2D eigenvalue weighted by molar-refractivity contribution is -0.113. The molecule has 7 nitrogen and oxygen atoms in total.